The second-order valence-electron chi connectivity index (χ2n) is 4.50. The van der Waals surface area contributed by atoms with Crippen molar-refractivity contribution in [3.63, 3.8) is 0 Å². The first-order chi connectivity index (χ1) is 9.77. The number of nitrogens with zero attached hydrogens (tertiary/aromatic N) is 1. The monoisotopic (exact) mass is 300 g/mol. The van der Waals surface area contributed by atoms with Crippen LogP contribution in [0.5, 0.6) is 5.75 Å². The van der Waals surface area contributed by atoms with Crippen LogP contribution in [-0.2, 0) is 6.18 Å². The third-order valence-electron chi connectivity index (χ3n) is 2.89. The van der Waals surface area contributed by atoms with E-state index in [-0.39, 0.29) is 11.3 Å². The van der Waals surface area contributed by atoms with E-state index in [1.165, 1.54) is 18.2 Å². The first kappa shape index (κ1) is 15.1. The molecule has 7 heteroatoms. The maximum atomic E-state index is 13.7. The number of aromatic nitrogens is 1. The van der Waals surface area contributed by atoms with Gasteiger partial charge in [0, 0.05) is 11.6 Å². The summed E-state index contributed by atoms with van der Waals surface area (Å²) in [6.45, 7) is 1.65. The summed E-state index contributed by atoms with van der Waals surface area (Å²) >= 11 is 0. The van der Waals surface area contributed by atoms with Gasteiger partial charge >= 0.3 is 6.18 Å². The zero-order chi connectivity index (χ0) is 15.6. The Balaban J connectivity index is 2.14. The van der Waals surface area contributed by atoms with Crippen LogP contribution in [-0.4, -0.2) is 10.1 Å². The Morgan fingerprint density at radius 1 is 1.19 bits per heavy atom. The van der Waals surface area contributed by atoms with Gasteiger partial charge in [0.2, 0.25) is 0 Å². The maximum absolute atomic E-state index is 13.7. The lowest BCUT2D eigenvalue weighted by Gasteiger charge is -2.16. The molecule has 112 valence electrons. The van der Waals surface area contributed by atoms with Crippen LogP contribution in [0.15, 0.2) is 36.5 Å². The molecule has 1 aromatic heterocycles. The van der Waals surface area contributed by atoms with E-state index in [1.807, 2.05) is 0 Å². The average molecular weight is 300 g/mol. The Bertz CT molecular complexity index is 626. The van der Waals surface area contributed by atoms with Crippen LogP contribution in [0.4, 0.5) is 23.2 Å². The minimum absolute atomic E-state index is 0.195. The van der Waals surface area contributed by atoms with Crippen LogP contribution in [0.1, 0.15) is 24.2 Å². The van der Waals surface area contributed by atoms with Gasteiger partial charge in [0.25, 0.3) is 0 Å². The number of anilines is 1. The molecule has 1 aromatic carbocycles. The lowest BCUT2D eigenvalue weighted by atomic mass is 10.1. The molecule has 0 saturated heterocycles. The van der Waals surface area contributed by atoms with E-state index in [9.17, 15) is 17.6 Å². The number of benzene rings is 1. The van der Waals surface area contributed by atoms with Crippen molar-refractivity contribution in [2.45, 2.75) is 19.1 Å². The van der Waals surface area contributed by atoms with Gasteiger partial charge in [-0.1, -0.05) is 6.07 Å². The largest absolute Gasteiger partial charge is 0.508 e. The van der Waals surface area contributed by atoms with Gasteiger partial charge in [0.1, 0.15) is 17.3 Å². The third-order valence-corrected chi connectivity index (χ3v) is 2.89. The van der Waals surface area contributed by atoms with Gasteiger partial charge in [-0.25, -0.2) is 9.37 Å². The van der Waals surface area contributed by atoms with Crippen molar-refractivity contribution in [2.75, 3.05) is 5.32 Å². The second-order valence-corrected chi connectivity index (χ2v) is 4.50. The highest BCUT2D eigenvalue weighted by atomic mass is 19.4. The topological polar surface area (TPSA) is 45.2 Å². The van der Waals surface area contributed by atoms with Crippen molar-refractivity contribution in [1.29, 1.82) is 0 Å². The van der Waals surface area contributed by atoms with Crippen molar-refractivity contribution in [1.82, 2.24) is 4.98 Å². The number of aromatic hydroxyl groups is 1. The summed E-state index contributed by atoms with van der Waals surface area (Å²) in [6.07, 6.45) is -3.45. The smallest absolute Gasteiger partial charge is 0.433 e. The molecule has 0 fully saturated rings. The van der Waals surface area contributed by atoms with E-state index in [0.29, 0.717) is 5.69 Å². The van der Waals surface area contributed by atoms with Crippen molar-refractivity contribution >= 4 is 5.69 Å². The van der Waals surface area contributed by atoms with Gasteiger partial charge in [-0.2, -0.15) is 13.2 Å². The number of phenolic OH excluding ortho intramolecular Hbond substituents is 1. The van der Waals surface area contributed by atoms with Crippen molar-refractivity contribution in [3.8, 4) is 5.75 Å². The lowest BCUT2D eigenvalue weighted by Crippen LogP contribution is -2.11. The first-order valence-electron chi connectivity index (χ1n) is 6.05. The minimum atomic E-state index is -4.49. The van der Waals surface area contributed by atoms with E-state index >= 15 is 0 Å². The highest BCUT2D eigenvalue weighted by Crippen LogP contribution is 2.29. The van der Waals surface area contributed by atoms with Crippen LogP contribution in [0.2, 0.25) is 0 Å². The molecule has 0 aliphatic carbocycles. The molecule has 1 unspecified atom stereocenters. The van der Waals surface area contributed by atoms with E-state index in [1.54, 1.807) is 6.92 Å². The van der Waals surface area contributed by atoms with Gasteiger partial charge in [-0.3, -0.25) is 0 Å². The Labute approximate surface area is 118 Å². The van der Waals surface area contributed by atoms with E-state index < -0.39 is 23.7 Å². The number of rotatable bonds is 3. The zero-order valence-electron chi connectivity index (χ0n) is 10.9. The molecule has 0 saturated carbocycles. The molecular formula is C14H12F4N2O. The van der Waals surface area contributed by atoms with E-state index in [4.69, 9.17) is 5.11 Å². The molecule has 1 heterocycles. The van der Waals surface area contributed by atoms with E-state index in [0.717, 1.165) is 18.3 Å². The fourth-order valence-electron chi connectivity index (χ4n) is 1.84. The number of phenols is 1. The Kier molecular flexibility index (Phi) is 4.02. The molecule has 2 aromatic rings. The molecule has 0 spiro atoms. The zero-order valence-corrected chi connectivity index (χ0v) is 10.9. The summed E-state index contributed by atoms with van der Waals surface area (Å²) < 4.78 is 50.8. The number of alkyl halides is 3. The average Bonchev–Trinajstić information content (AvgIpc) is 2.38. The second kappa shape index (κ2) is 5.59. The Morgan fingerprint density at radius 3 is 2.43 bits per heavy atom. The predicted octanol–water partition coefficient (Wildman–Crippen LogP) is 4.12. The van der Waals surface area contributed by atoms with Gasteiger partial charge in [0.05, 0.1) is 17.9 Å². The molecule has 2 N–H and O–H groups in total. The minimum Gasteiger partial charge on any atom is -0.508 e. The summed E-state index contributed by atoms with van der Waals surface area (Å²) in [4.78, 5) is 3.31. The Hall–Kier alpha value is -2.31. The van der Waals surface area contributed by atoms with Gasteiger partial charge in [-0.15, -0.1) is 0 Å². The molecule has 0 aliphatic heterocycles. The summed E-state index contributed by atoms with van der Waals surface area (Å²) in [5, 5.41) is 12.0. The summed E-state index contributed by atoms with van der Waals surface area (Å²) in [5.74, 6) is -0.797. The molecule has 0 aliphatic rings. The van der Waals surface area contributed by atoms with Crippen molar-refractivity contribution in [3.05, 3.63) is 53.6 Å². The fourth-order valence-corrected chi connectivity index (χ4v) is 1.84. The number of nitrogens with one attached hydrogen (secondary N) is 1. The van der Waals surface area contributed by atoms with Crippen LogP contribution in [0, 0.1) is 5.82 Å². The number of halogens is 4. The normalized spacial score (nSPS) is 13.0. The summed E-state index contributed by atoms with van der Waals surface area (Å²) in [5.41, 5.74) is -0.368. The molecule has 0 radical (unpaired) electrons. The third kappa shape index (κ3) is 3.62. The molecule has 0 bridgehead atoms. The molecule has 1 atom stereocenters. The molecular weight excluding hydrogens is 288 g/mol. The standard InChI is InChI=1S/C14H12F4N2O/c1-8(11-4-3-10(21)6-12(11)15)20-9-2-5-13(19-7-9)14(16,17)18/h2-8,20-21H,1H3. The van der Waals surface area contributed by atoms with Crippen LogP contribution >= 0.6 is 0 Å². The van der Waals surface area contributed by atoms with Crippen molar-refractivity contribution in [2.24, 2.45) is 0 Å². The predicted molar refractivity (Wildman–Crippen MR) is 69.3 cm³/mol. The molecule has 2 rings (SSSR count). The lowest BCUT2D eigenvalue weighted by molar-refractivity contribution is -0.141. The van der Waals surface area contributed by atoms with E-state index in [2.05, 4.69) is 10.3 Å². The highest BCUT2D eigenvalue weighted by molar-refractivity contribution is 5.44. The quantitative estimate of drug-likeness (QED) is 0.838. The molecule has 3 nitrogen and oxygen atoms in total. The fraction of sp³-hybridized carbons (Fsp3) is 0.214. The van der Waals surface area contributed by atoms with Gasteiger partial charge in [-0.05, 0) is 25.1 Å². The van der Waals surface area contributed by atoms with Crippen LogP contribution < -0.4 is 5.32 Å². The van der Waals surface area contributed by atoms with Gasteiger partial charge in [0.15, 0.2) is 0 Å². The number of hydrogen-bond donors (Lipinski definition) is 2. The summed E-state index contributed by atoms with van der Waals surface area (Å²) in [7, 11) is 0. The van der Waals surface area contributed by atoms with Crippen LogP contribution in [0.25, 0.3) is 0 Å². The Morgan fingerprint density at radius 2 is 1.90 bits per heavy atom. The maximum Gasteiger partial charge on any atom is 0.433 e. The summed E-state index contributed by atoms with van der Waals surface area (Å²) in [6, 6.07) is 5.29. The molecule has 21 heavy (non-hydrogen) atoms. The van der Waals surface area contributed by atoms with Crippen LogP contribution in [0.3, 0.4) is 0 Å². The molecule has 0 amide bonds. The van der Waals surface area contributed by atoms with Gasteiger partial charge < -0.3 is 10.4 Å². The number of pyridine rings is 1. The van der Waals surface area contributed by atoms with Crippen molar-refractivity contribution < 1.29 is 22.7 Å². The first-order valence-corrected chi connectivity index (χ1v) is 6.05. The SMILES string of the molecule is CC(Nc1ccc(C(F)(F)F)nc1)c1ccc(O)cc1F. The highest BCUT2D eigenvalue weighted by Gasteiger charge is 2.32. The number of hydrogen-bond acceptors (Lipinski definition) is 3.